The molecule has 0 aliphatic rings. The average molecular weight is 267 g/mol. The van der Waals surface area contributed by atoms with E-state index in [-0.39, 0.29) is 6.42 Å². The van der Waals surface area contributed by atoms with E-state index in [1.165, 1.54) is 0 Å². The third-order valence-corrected chi connectivity index (χ3v) is 3.81. The minimum atomic E-state index is -0.768. The van der Waals surface area contributed by atoms with E-state index in [0.29, 0.717) is 5.75 Å². The fourth-order valence-electron chi connectivity index (χ4n) is 1.62. The second-order valence-electron chi connectivity index (χ2n) is 3.58. The Bertz CT molecular complexity index is 554. The molecule has 0 unspecified atom stereocenters. The molecule has 0 amide bonds. The van der Waals surface area contributed by atoms with Gasteiger partial charge in [0.2, 0.25) is 0 Å². The van der Waals surface area contributed by atoms with Crippen molar-refractivity contribution in [2.24, 2.45) is 0 Å². The first-order valence-corrected chi connectivity index (χ1v) is 6.56. The summed E-state index contributed by atoms with van der Waals surface area (Å²) in [4.78, 5) is 11.5. The summed E-state index contributed by atoms with van der Waals surface area (Å²) in [5, 5.41) is 11.4. The molecule has 0 saturated carbocycles. The van der Waals surface area contributed by atoms with E-state index in [4.69, 9.17) is 16.7 Å². The number of carboxylic acid groups (broad SMARTS) is 1. The van der Waals surface area contributed by atoms with Gasteiger partial charge in [-0.1, -0.05) is 35.9 Å². The molecular weight excluding hydrogens is 256 g/mol. The molecule has 0 bridgehead atoms. The van der Waals surface area contributed by atoms with Crippen LogP contribution in [0.2, 0.25) is 5.02 Å². The van der Waals surface area contributed by atoms with Crippen LogP contribution in [0, 0.1) is 0 Å². The largest absolute Gasteiger partial charge is 0.481 e. The zero-order valence-electron chi connectivity index (χ0n) is 9.02. The number of fused-ring (bicyclic) bond motifs is 1. The summed E-state index contributed by atoms with van der Waals surface area (Å²) in [5.74, 6) is -0.197. The molecule has 0 aliphatic carbocycles. The molecule has 1 N–H and O–H groups in total. The van der Waals surface area contributed by atoms with Gasteiger partial charge in [-0.2, -0.15) is 0 Å². The van der Waals surface area contributed by atoms with Crippen LogP contribution in [0.25, 0.3) is 10.8 Å². The molecule has 0 spiro atoms. The van der Waals surface area contributed by atoms with Crippen molar-refractivity contribution in [3.8, 4) is 0 Å². The highest BCUT2D eigenvalue weighted by atomic mass is 35.5. The highest BCUT2D eigenvalue weighted by molar-refractivity contribution is 7.99. The molecule has 0 saturated heterocycles. The third-order valence-electron chi connectivity index (χ3n) is 2.40. The van der Waals surface area contributed by atoms with Crippen molar-refractivity contribution in [3.63, 3.8) is 0 Å². The number of hydrogen-bond acceptors (Lipinski definition) is 2. The van der Waals surface area contributed by atoms with Gasteiger partial charge in [-0.15, -0.1) is 11.8 Å². The van der Waals surface area contributed by atoms with Crippen LogP contribution in [-0.2, 0) is 4.79 Å². The first-order chi connectivity index (χ1) is 8.18. The maximum absolute atomic E-state index is 10.5. The average Bonchev–Trinajstić information content (AvgIpc) is 2.30. The molecule has 2 aromatic rings. The highest BCUT2D eigenvalue weighted by Crippen LogP contribution is 2.31. The van der Waals surface area contributed by atoms with Crippen molar-refractivity contribution >= 4 is 40.1 Å². The Kier molecular flexibility index (Phi) is 3.92. The third kappa shape index (κ3) is 2.93. The summed E-state index contributed by atoms with van der Waals surface area (Å²) in [6, 6.07) is 11.7. The van der Waals surface area contributed by atoms with Crippen molar-refractivity contribution in [3.05, 3.63) is 41.4 Å². The van der Waals surface area contributed by atoms with Gasteiger partial charge in [-0.25, -0.2) is 0 Å². The van der Waals surface area contributed by atoms with Gasteiger partial charge in [0.1, 0.15) is 0 Å². The van der Waals surface area contributed by atoms with Gasteiger partial charge >= 0.3 is 5.97 Å². The summed E-state index contributed by atoms with van der Waals surface area (Å²) in [6.45, 7) is 0. The zero-order chi connectivity index (χ0) is 12.3. The summed E-state index contributed by atoms with van der Waals surface area (Å²) in [6.07, 6.45) is 0.168. The smallest absolute Gasteiger partial charge is 0.304 e. The molecule has 0 heterocycles. The number of halogens is 1. The lowest BCUT2D eigenvalue weighted by atomic mass is 10.1. The normalized spacial score (nSPS) is 10.6. The van der Waals surface area contributed by atoms with Crippen LogP contribution < -0.4 is 0 Å². The molecule has 4 heteroatoms. The molecule has 0 radical (unpaired) electrons. The van der Waals surface area contributed by atoms with E-state index < -0.39 is 5.97 Å². The Balaban J connectivity index is 2.28. The second kappa shape index (κ2) is 5.43. The summed E-state index contributed by atoms with van der Waals surface area (Å²) in [7, 11) is 0. The first-order valence-electron chi connectivity index (χ1n) is 5.20. The summed E-state index contributed by atoms with van der Waals surface area (Å²) in [5.41, 5.74) is 0. The maximum atomic E-state index is 10.5. The fourth-order valence-corrected chi connectivity index (χ4v) is 2.86. The van der Waals surface area contributed by atoms with E-state index in [0.717, 1.165) is 20.7 Å². The van der Waals surface area contributed by atoms with Gasteiger partial charge in [0, 0.05) is 21.1 Å². The Labute approximate surface area is 109 Å². The molecular formula is C13H11ClO2S. The van der Waals surface area contributed by atoms with Gasteiger partial charge in [-0.05, 0) is 17.5 Å². The van der Waals surface area contributed by atoms with Crippen molar-refractivity contribution in [2.45, 2.75) is 11.3 Å². The van der Waals surface area contributed by atoms with E-state index in [2.05, 4.69) is 0 Å². The minimum absolute atomic E-state index is 0.168. The standard InChI is InChI=1S/C13H11ClO2S/c14-11-5-1-4-10-9(11)3-2-6-12(10)17-8-7-13(15)16/h1-6H,7-8H2,(H,15,16). The van der Waals surface area contributed by atoms with Crippen LogP contribution in [0.5, 0.6) is 0 Å². The van der Waals surface area contributed by atoms with Crippen LogP contribution in [-0.4, -0.2) is 16.8 Å². The summed E-state index contributed by atoms with van der Waals surface area (Å²) >= 11 is 7.66. The maximum Gasteiger partial charge on any atom is 0.304 e. The summed E-state index contributed by atoms with van der Waals surface area (Å²) < 4.78 is 0. The van der Waals surface area contributed by atoms with Crippen LogP contribution in [0.1, 0.15) is 6.42 Å². The van der Waals surface area contributed by atoms with Crippen LogP contribution in [0.15, 0.2) is 41.3 Å². The van der Waals surface area contributed by atoms with E-state index in [9.17, 15) is 4.79 Å². The van der Waals surface area contributed by atoms with Crippen molar-refractivity contribution < 1.29 is 9.90 Å². The molecule has 2 nitrogen and oxygen atoms in total. The Morgan fingerprint density at radius 3 is 2.65 bits per heavy atom. The molecule has 0 aromatic heterocycles. The molecule has 2 aromatic carbocycles. The number of thioether (sulfide) groups is 1. The molecule has 0 fully saturated rings. The topological polar surface area (TPSA) is 37.3 Å². The highest BCUT2D eigenvalue weighted by Gasteiger charge is 2.05. The predicted octanol–water partition coefficient (Wildman–Crippen LogP) is 4.06. The number of hydrogen-bond donors (Lipinski definition) is 1. The Morgan fingerprint density at radius 2 is 1.88 bits per heavy atom. The van der Waals surface area contributed by atoms with Gasteiger partial charge in [0.25, 0.3) is 0 Å². The van der Waals surface area contributed by atoms with Gasteiger partial charge < -0.3 is 5.11 Å². The molecule has 0 aliphatic heterocycles. The molecule has 2 rings (SSSR count). The monoisotopic (exact) mass is 266 g/mol. The van der Waals surface area contributed by atoms with Crippen molar-refractivity contribution in [1.29, 1.82) is 0 Å². The molecule has 17 heavy (non-hydrogen) atoms. The van der Waals surface area contributed by atoms with Crippen LogP contribution >= 0.6 is 23.4 Å². The van der Waals surface area contributed by atoms with E-state index >= 15 is 0 Å². The fraction of sp³-hybridized carbons (Fsp3) is 0.154. The van der Waals surface area contributed by atoms with Gasteiger partial charge in [0.05, 0.1) is 6.42 Å². The number of aliphatic carboxylic acids is 1. The van der Waals surface area contributed by atoms with Crippen LogP contribution in [0.4, 0.5) is 0 Å². The van der Waals surface area contributed by atoms with Crippen molar-refractivity contribution in [1.82, 2.24) is 0 Å². The lowest BCUT2D eigenvalue weighted by molar-refractivity contribution is -0.136. The first kappa shape index (κ1) is 12.3. The van der Waals surface area contributed by atoms with Crippen LogP contribution in [0.3, 0.4) is 0 Å². The molecule has 88 valence electrons. The number of rotatable bonds is 4. The van der Waals surface area contributed by atoms with Gasteiger partial charge in [0.15, 0.2) is 0 Å². The number of benzene rings is 2. The van der Waals surface area contributed by atoms with E-state index in [1.807, 2.05) is 36.4 Å². The van der Waals surface area contributed by atoms with Gasteiger partial charge in [-0.3, -0.25) is 4.79 Å². The lowest BCUT2D eigenvalue weighted by Gasteiger charge is -2.06. The SMILES string of the molecule is O=C(O)CCSc1cccc2c(Cl)cccc12. The zero-order valence-corrected chi connectivity index (χ0v) is 10.6. The lowest BCUT2D eigenvalue weighted by Crippen LogP contribution is -1.95. The Morgan fingerprint density at radius 1 is 1.18 bits per heavy atom. The van der Waals surface area contributed by atoms with E-state index in [1.54, 1.807) is 11.8 Å². The Hall–Kier alpha value is -1.19. The number of carboxylic acids is 1. The predicted molar refractivity (Wildman–Crippen MR) is 71.9 cm³/mol. The quantitative estimate of drug-likeness (QED) is 0.848. The second-order valence-corrected chi connectivity index (χ2v) is 5.13. The number of carbonyl (C=O) groups is 1. The van der Waals surface area contributed by atoms with Crippen molar-refractivity contribution in [2.75, 3.05) is 5.75 Å². The minimum Gasteiger partial charge on any atom is -0.481 e. The molecule has 0 atom stereocenters.